The predicted molar refractivity (Wildman–Crippen MR) is 297 cm³/mol. The highest BCUT2D eigenvalue weighted by atomic mass is 16.5. The zero-order chi connectivity index (χ0) is 49.3. The summed E-state index contributed by atoms with van der Waals surface area (Å²) in [7, 11) is 0. The number of aliphatic hydroxyl groups is 2. The number of nitrogens with one attached hydrogen (secondary N) is 1. The van der Waals surface area contributed by atoms with Gasteiger partial charge in [0.1, 0.15) is 0 Å². The molecule has 0 saturated heterocycles. The Hall–Kier alpha value is -1.40. The zero-order valence-electron chi connectivity index (χ0n) is 46.1. The summed E-state index contributed by atoms with van der Waals surface area (Å²) in [6.07, 6.45) is 69.3. The largest absolute Gasteiger partial charge is 0.466 e. The Kier molecular flexibility index (Phi) is 57.0. The molecule has 6 nitrogen and oxygen atoms in total. The number of ether oxygens (including phenoxy) is 1. The molecule has 404 valence electrons. The third-order valence-corrected chi connectivity index (χ3v) is 14.6. The van der Waals surface area contributed by atoms with Gasteiger partial charge in [0.25, 0.3) is 0 Å². The highest BCUT2D eigenvalue weighted by Gasteiger charge is 2.20. The van der Waals surface area contributed by atoms with Crippen LogP contribution in [0.2, 0.25) is 0 Å². The SMILES string of the molecule is CCCCCCCCCCCCCCCCCCCCCCC(O)C(CO)NC(=O)CCCCCCCCC/C=C\CCCCCCCCCCOC(=O)CCCCCCCCCCCCCC. The van der Waals surface area contributed by atoms with Crippen LogP contribution in [0.3, 0.4) is 0 Å². The Morgan fingerprint density at radius 3 is 1.04 bits per heavy atom. The second-order valence-corrected chi connectivity index (χ2v) is 21.4. The molecule has 0 fully saturated rings. The molecule has 0 saturated carbocycles. The molecule has 0 aliphatic heterocycles. The highest BCUT2D eigenvalue weighted by molar-refractivity contribution is 5.76. The monoisotopic (exact) mass is 960 g/mol. The number of esters is 1. The van der Waals surface area contributed by atoms with Crippen molar-refractivity contribution in [1.29, 1.82) is 0 Å². The molecule has 6 heteroatoms. The van der Waals surface area contributed by atoms with E-state index in [1.807, 2.05) is 0 Å². The van der Waals surface area contributed by atoms with Crippen LogP contribution in [0.25, 0.3) is 0 Å². The summed E-state index contributed by atoms with van der Waals surface area (Å²) < 4.78 is 5.47. The Balaban J connectivity index is 3.44. The minimum atomic E-state index is -0.670. The van der Waals surface area contributed by atoms with Crippen molar-refractivity contribution in [2.24, 2.45) is 0 Å². The topological polar surface area (TPSA) is 95.9 Å². The van der Waals surface area contributed by atoms with Crippen LogP contribution in [0, 0.1) is 0 Å². The number of hydrogen-bond donors (Lipinski definition) is 3. The first kappa shape index (κ1) is 66.6. The lowest BCUT2D eigenvalue weighted by Gasteiger charge is -2.22. The van der Waals surface area contributed by atoms with E-state index in [1.165, 1.54) is 270 Å². The van der Waals surface area contributed by atoms with E-state index < -0.39 is 12.1 Å². The van der Waals surface area contributed by atoms with Gasteiger partial charge in [0.2, 0.25) is 5.91 Å². The molecule has 0 aromatic carbocycles. The number of allylic oxidation sites excluding steroid dienone is 2. The van der Waals surface area contributed by atoms with E-state index >= 15 is 0 Å². The second kappa shape index (κ2) is 58.2. The molecule has 3 N–H and O–H groups in total. The fourth-order valence-electron chi connectivity index (χ4n) is 9.81. The van der Waals surface area contributed by atoms with Gasteiger partial charge in [0, 0.05) is 12.8 Å². The zero-order valence-corrected chi connectivity index (χ0v) is 46.1. The van der Waals surface area contributed by atoms with Crippen LogP contribution in [-0.2, 0) is 14.3 Å². The van der Waals surface area contributed by atoms with E-state index in [9.17, 15) is 19.8 Å². The quantitative estimate of drug-likeness (QED) is 0.0321. The molecule has 0 aliphatic rings. The van der Waals surface area contributed by atoms with Crippen molar-refractivity contribution < 1.29 is 24.5 Å². The molecule has 0 aliphatic carbocycles. The molecule has 2 unspecified atom stereocenters. The van der Waals surface area contributed by atoms with Crippen LogP contribution in [0.1, 0.15) is 348 Å². The fraction of sp³-hybridized carbons (Fsp3) is 0.935. The van der Waals surface area contributed by atoms with Crippen LogP contribution in [0.15, 0.2) is 12.2 Å². The molecule has 68 heavy (non-hydrogen) atoms. The lowest BCUT2D eigenvalue weighted by molar-refractivity contribution is -0.143. The standard InChI is InChI=1S/C62H121NO5/c1-3-5-7-9-11-13-15-17-18-19-20-22-25-28-31-34-38-42-46-50-54-60(65)59(58-64)63-61(66)55-51-47-43-39-35-32-29-26-23-21-24-27-30-33-37-41-45-49-53-57-68-62(67)56-52-48-44-40-36-16-14-12-10-8-6-4-2/h21,23,59-60,64-65H,3-20,22,24-58H2,1-2H3,(H,63,66)/b23-21-. The third-order valence-electron chi connectivity index (χ3n) is 14.6. The lowest BCUT2D eigenvalue weighted by Crippen LogP contribution is -2.45. The van der Waals surface area contributed by atoms with Gasteiger partial charge in [0.15, 0.2) is 0 Å². The Bertz CT molecular complexity index is 1020. The number of carbonyl (C=O) groups is 2. The molecular weight excluding hydrogens is 839 g/mol. The molecule has 0 bridgehead atoms. The summed E-state index contributed by atoms with van der Waals surface area (Å²) >= 11 is 0. The van der Waals surface area contributed by atoms with Gasteiger partial charge in [-0.2, -0.15) is 0 Å². The first-order valence-electron chi connectivity index (χ1n) is 30.9. The average molecular weight is 961 g/mol. The first-order valence-corrected chi connectivity index (χ1v) is 30.9. The van der Waals surface area contributed by atoms with Crippen LogP contribution in [0.4, 0.5) is 0 Å². The Morgan fingerprint density at radius 1 is 0.397 bits per heavy atom. The third kappa shape index (κ3) is 53.9. The van der Waals surface area contributed by atoms with Crippen molar-refractivity contribution in [2.75, 3.05) is 13.2 Å². The van der Waals surface area contributed by atoms with Crippen molar-refractivity contribution in [3.8, 4) is 0 Å². The normalized spacial score (nSPS) is 12.6. The summed E-state index contributed by atoms with van der Waals surface area (Å²) in [5, 5.41) is 23.4. The molecule has 0 rings (SSSR count). The van der Waals surface area contributed by atoms with Crippen molar-refractivity contribution in [2.45, 2.75) is 360 Å². The van der Waals surface area contributed by atoms with E-state index in [1.54, 1.807) is 0 Å². The van der Waals surface area contributed by atoms with E-state index in [4.69, 9.17) is 4.74 Å². The van der Waals surface area contributed by atoms with Gasteiger partial charge in [-0.25, -0.2) is 0 Å². The molecule has 2 atom stereocenters. The number of unbranched alkanes of at least 4 members (excludes halogenated alkanes) is 45. The maximum absolute atomic E-state index is 12.5. The maximum atomic E-state index is 12.5. The smallest absolute Gasteiger partial charge is 0.305 e. The number of carbonyl (C=O) groups excluding carboxylic acids is 2. The summed E-state index contributed by atoms with van der Waals surface area (Å²) in [4.78, 5) is 24.5. The average Bonchev–Trinajstić information content (AvgIpc) is 3.34. The summed E-state index contributed by atoms with van der Waals surface area (Å²) in [5.74, 6) is -0.0354. The molecular formula is C62H121NO5. The van der Waals surface area contributed by atoms with E-state index in [-0.39, 0.29) is 18.5 Å². The maximum Gasteiger partial charge on any atom is 0.305 e. The minimum Gasteiger partial charge on any atom is -0.466 e. The van der Waals surface area contributed by atoms with Crippen LogP contribution in [0.5, 0.6) is 0 Å². The molecule has 0 heterocycles. The van der Waals surface area contributed by atoms with Crippen molar-refractivity contribution in [1.82, 2.24) is 5.32 Å². The Labute approximate surface area is 425 Å². The van der Waals surface area contributed by atoms with Gasteiger partial charge in [-0.1, -0.05) is 296 Å². The van der Waals surface area contributed by atoms with E-state index in [2.05, 4.69) is 31.3 Å². The van der Waals surface area contributed by atoms with Crippen molar-refractivity contribution >= 4 is 11.9 Å². The second-order valence-electron chi connectivity index (χ2n) is 21.4. The van der Waals surface area contributed by atoms with Gasteiger partial charge in [-0.3, -0.25) is 9.59 Å². The van der Waals surface area contributed by atoms with Crippen LogP contribution < -0.4 is 5.32 Å². The van der Waals surface area contributed by atoms with E-state index in [0.717, 1.165) is 44.9 Å². The summed E-state index contributed by atoms with van der Waals surface area (Å²) in [6.45, 7) is 4.97. The molecule has 0 spiro atoms. The molecule has 0 aromatic heterocycles. The van der Waals surface area contributed by atoms with E-state index in [0.29, 0.717) is 25.9 Å². The van der Waals surface area contributed by atoms with Gasteiger partial charge in [-0.15, -0.1) is 0 Å². The fourth-order valence-corrected chi connectivity index (χ4v) is 9.81. The first-order chi connectivity index (χ1) is 33.5. The Morgan fingerprint density at radius 2 is 0.691 bits per heavy atom. The predicted octanol–water partition coefficient (Wildman–Crippen LogP) is 19.2. The van der Waals surface area contributed by atoms with Gasteiger partial charge < -0.3 is 20.3 Å². The van der Waals surface area contributed by atoms with Gasteiger partial charge in [0.05, 0.1) is 25.4 Å². The van der Waals surface area contributed by atoms with Gasteiger partial charge >= 0.3 is 5.97 Å². The molecule has 1 amide bonds. The summed E-state index contributed by atoms with van der Waals surface area (Å²) in [6, 6.07) is -0.548. The summed E-state index contributed by atoms with van der Waals surface area (Å²) in [5.41, 5.74) is 0. The molecule has 0 radical (unpaired) electrons. The number of rotatable bonds is 58. The number of hydrogen-bond acceptors (Lipinski definition) is 5. The molecule has 0 aromatic rings. The highest BCUT2D eigenvalue weighted by Crippen LogP contribution is 2.18. The lowest BCUT2D eigenvalue weighted by atomic mass is 10.0. The van der Waals surface area contributed by atoms with Crippen molar-refractivity contribution in [3.05, 3.63) is 12.2 Å². The van der Waals surface area contributed by atoms with Crippen LogP contribution >= 0.6 is 0 Å². The minimum absolute atomic E-state index is 0.00548. The number of amides is 1. The number of aliphatic hydroxyl groups excluding tert-OH is 2. The van der Waals surface area contributed by atoms with Crippen molar-refractivity contribution in [3.63, 3.8) is 0 Å². The van der Waals surface area contributed by atoms with Crippen LogP contribution in [-0.4, -0.2) is 47.4 Å². The van der Waals surface area contributed by atoms with Gasteiger partial charge in [-0.05, 0) is 51.4 Å².